The molecule has 6 nitrogen and oxygen atoms in total. The van der Waals surface area contributed by atoms with Gasteiger partial charge in [-0.1, -0.05) is 6.07 Å². The van der Waals surface area contributed by atoms with Crippen molar-refractivity contribution in [3.63, 3.8) is 0 Å². The number of esters is 1. The van der Waals surface area contributed by atoms with Crippen molar-refractivity contribution in [2.24, 2.45) is 0 Å². The Morgan fingerprint density at radius 2 is 2.09 bits per heavy atom. The van der Waals surface area contributed by atoms with E-state index in [9.17, 15) is 9.59 Å². The second kappa shape index (κ2) is 7.12. The van der Waals surface area contributed by atoms with Gasteiger partial charge in [0.05, 0.1) is 24.5 Å². The number of methoxy groups -OCH3 is 1. The predicted molar refractivity (Wildman–Crippen MR) is 87.6 cm³/mol. The number of nitrogens with one attached hydrogen (secondary N) is 1. The monoisotopic (exact) mass is 339 g/mol. The van der Waals surface area contributed by atoms with E-state index in [0.29, 0.717) is 17.9 Å². The largest absolute Gasteiger partial charge is 0.493 e. The maximum atomic E-state index is 11.7. The summed E-state index contributed by atoms with van der Waals surface area (Å²) in [6.45, 7) is 5.96. The number of fused-ring (bicyclic) bond motifs is 1. The van der Waals surface area contributed by atoms with E-state index < -0.39 is 17.7 Å². The van der Waals surface area contributed by atoms with Crippen LogP contribution in [0.3, 0.4) is 0 Å². The van der Waals surface area contributed by atoms with Gasteiger partial charge in [-0.3, -0.25) is 4.72 Å². The van der Waals surface area contributed by atoms with E-state index in [1.54, 1.807) is 12.1 Å². The van der Waals surface area contributed by atoms with Crippen LogP contribution < -0.4 is 9.46 Å². The molecule has 1 N–H and O–H groups in total. The first-order valence-corrected chi connectivity index (χ1v) is 8.18. The van der Waals surface area contributed by atoms with Gasteiger partial charge in [0, 0.05) is 5.56 Å². The topological polar surface area (TPSA) is 73.9 Å². The van der Waals surface area contributed by atoms with Crippen LogP contribution in [0.15, 0.2) is 18.2 Å². The van der Waals surface area contributed by atoms with E-state index >= 15 is 0 Å². The van der Waals surface area contributed by atoms with Crippen molar-refractivity contribution >= 4 is 24.0 Å². The van der Waals surface area contributed by atoms with Crippen LogP contribution in [0.2, 0.25) is 0 Å². The molecule has 0 radical (unpaired) electrons. The average Bonchev–Trinajstić information content (AvgIpc) is 2.49. The summed E-state index contributed by atoms with van der Waals surface area (Å²) in [4.78, 5) is 23.3. The molecule has 0 saturated carbocycles. The number of hydrogen-bond acceptors (Lipinski definition) is 6. The van der Waals surface area contributed by atoms with E-state index in [-0.39, 0.29) is 5.25 Å². The number of ether oxygens (including phenoxy) is 3. The Kier molecular flexibility index (Phi) is 5.41. The molecule has 0 fully saturated rings. The van der Waals surface area contributed by atoms with Crippen LogP contribution in [0, 0.1) is 0 Å². The van der Waals surface area contributed by atoms with Crippen LogP contribution in [0.5, 0.6) is 5.75 Å². The normalized spacial score (nSPS) is 16.8. The Morgan fingerprint density at radius 1 is 1.35 bits per heavy atom. The second-order valence-electron chi connectivity index (χ2n) is 6.09. The lowest BCUT2D eigenvalue weighted by atomic mass is 10.0. The van der Waals surface area contributed by atoms with Crippen molar-refractivity contribution in [2.75, 3.05) is 13.7 Å². The van der Waals surface area contributed by atoms with Crippen LogP contribution in [-0.4, -0.2) is 31.4 Å². The van der Waals surface area contributed by atoms with Crippen molar-refractivity contribution in [1.29, 1.82) is 0 Å². The number of hydrogen-bond donors (Lipinski definition) is 1. The zero-order chi connectivity index (χ0) is 17.0. The first-order chi connectivity index (χ1) is 10.8. The zero-order valence-corrected chi connectivity index (χ0v) is 14.5. The number of carbonyl (C=O) groups excluding carboxylic acids is 2. The molecular weight excluding hydrogens is 318 g/mol. The third-order valence-corrected chi connectivity index (χ3v) is 4.16. The van der Waals surface area contributed by atoms with Crippen molar-refractivity contribution in [3.8, 4) is 5.75 Å². The van der Waals surface area contributed by atoms with Gasteiger partial charge in [-0.15, -0.1) is 0 Å². The van der Waals surface area contributed by atoms with Gasteiger partial charge in [0.25, 0.3) is 0 Å². The first-order valence-electron chi connectivity index (χ1n) is 7.30. The minimum Gasteiger partial charge on any atom is -0.493 e. The van der Waals surface area contributed by atoms with E-state index in [0.717, 1.165) is 12.0 Å². The van der Waals surface area contributed by atoms with Gasteiger partial charge < -0.3 is 14.2 Å². The van der Waals surface area contributed by atoms with Crippen molar-refractivity contribution in [2.45, 2.75) is 38.0 Å². The number of benzene rings is 1. The van der Waals surface area contributed by atoms with Gasteiger partial charge >= 0.3 is 12.1 Å². The van der Waals surface area contributed by atoms with Crippen LogP contribution in [0.25, 0.3) is 0 Å². The van der Waals surface area contributed by atoms with Crippen molar-refractivity contribution in [1.82, 2.24) is 4.72 Å². The molecular formula is C16H21NO5S. The van der Waals surface area contributed by atoms with Gasteiger partial charge in [-0.2, -0.15) is 0 Å². The predicted octanol–water partition coefficient (Wildman–Crippen LogP) is 3.47. The third kappa shape index (κ3) is 4.79. The molecule has 0 aromatic heterocycles. The van der Waals surface area contributed by atoms with Crippen LogP contribution in [0.1, 0.15) is 48.4 Å². The summed E-state index contributed by atoms with van der Waals surface area (Å²) in [5, 5.41) is 0.0398. The summed E-state index contributed by atoms with van der Waals surface area (Å²) < 4.78 is 18.2. The van der Waals surface area contributed by atoms with E-state index in [1.165, 1.54) is 19.1 Å². The molecule has 0 bridgehead atoms. The van der Waals surface area contributed by atoms with Gasteiger partial charge in [0.2, 0.25) is 0 Å². The quantitative estimate of drug-likeness (QED) is 0.671. The number of rotatable bonds is 3. The van der Waals surface area contributed by atoms with Gasteiger partial charge in [0.1, 0.15) is 11.4 Å². The highest BCUT2D eigenvalue weighted by molar-refractivity contribution is 7.98. The molecule has 0 saturated heterocycles. The molecule has 23 heavy (non-hydrogen) atoms. The lowest BCUT2D eigenvalue weighted by Gasteiger charge is -2.26. The lowest BCUT2D eigenvalue weighted by molar-refractivity contribution is 0.0571. The number of amides is 1. The van der Waals surface area contributed by atoms with Crippen LogP contribution >= 0.6 is 11.9 Å². The second-order valence-corrected chi connectivity index (χ2v) is 7.10. The van der Waals surface area contributed by atoms with Crippen LogP contribution in [-0.2, 0) is 9.47 Å². The summed E-state index contributed by atoms with van der Waals surface area (Å²) in [6, 6.07) is 5.19. The molecule has 0 aliphatic carbocycles. The van der Waals surface area contributed by atoms with E-state index in [2.05, 4.69) is 4.72 Å². The minimum atomic E-state index is -0.534. The molecule has 1 amide bonds. The van der Waals surface area contributed by atoms with Crippen molar-refractivity contribution < 1.29 is 23.8 Å². The van der Waals surface area contributed by atoms with Crippen LogP contribution in [0.4, 0.5) is 4.79 Å². The first kappa shape index (κ1) is 17.5. The molecule has 1 aromatic carbocycles. The molecule has 1 atom stereocenters. The lowest BCUT2D eigenvalue weighted by Crippen LogP contribution is -2.30. The highest BCUT2D eigenvalue weighted by Gasteiger charge is 2.25. The van der Waals surface area contributed by atoms with Gasteiger partial charge in [-0.05, 0) is 51.3 Å². The van der Waals surface area contributed by atoms with E-state index in [4.69, 9.17) is 14.2 Å². The van der Waals surface area contributed by atoms with Crippen molar-refractivity contribution in [3.05, 3.63) is 29.3 Å². The highest BCUT2D eigenvalue weighted by Crippen LogP contribution is 2.40. The molecule has 126 valence electrons. The average molecular weight is 339 g/mol. The summed E-state index contributed by atoms with van der Waals surface area (Å²) in [6.07, 6.45) is 0.284. The summed E-state index contributed by atoms with van der Waals surface area (Å²) in [7, 11) is 1.34. The Balaban J connectivity index is 2.04. The Labute approximate surface area is 140 Å². The fourth-order valence-corrected chi connectivity index (χ4v) is 2.96. The molecule has 1 heterocycles. The summed E-state index contributed by atoms with van der Waals surface area (Å²) in [5.41, 5.74) is 0.843. The molecule has 7 heteroatoms. The number of carbonyl (C=O) groups is 2. The Bertz CT molecular complexity index is 597. The fourth-order valence-electron chi connectivity index (χ4n) is 2.14. The molecule has 1 aromatic rings. The standard InChI is InChI=1S/C16H21NO5S/c1-16(2,3)22-15(19)17-23-13-7-8-21-12-9-10(14(18)20-4)5-6-11(12)13/h5-6,9,13H,7-8H2,1-4H3,(H,17,19)/t13-/m0/s1. The van der Waals surface area contributed by atoms with E-state index in [1.807, 2.05) is 26.8 Å². The Hall–Kier alpha value is -1.89. The smallest absolute Gasteiger partial charge is 0.417 e. The highest BCUT2D eigenvalue weighted by atomic mass is 32.2. The minimum absolute atomic E-state index is 0.0398. The fraction of sp³-hybridized carbons (Fsp3) is 0.500. The summed E-state index contributed by atoms with van der Waals surface area (Å²) >= 11 is 1.29. The molecule has 2 rings (SSSR count). The maximum absolute atomic E-state index is 11.7. The van der Waals surface area contributed by atoms with Gasteiger partial charge in [-0.25, -0.2) is 9.59 Å². The molecule has 0 spiro atoms. The SMILES string of the molecule is COC(=O)c1ccc2c(c1)OCC[C@@H]2SNC(=O)OC(C)(C)C. The van der Waals surface area contributed by atoms with Gasteiger partial charge in [0.15, 0.2) is 0 Å². The summed E-state index contributed by atoms with van der Waals surface area (Å²) in [5.74, 6) is 0.237. The molecule has 1 aliphatic heterocycles. The maximum Gasteiger partial charge on any atom is 0.417 e. The molecule has 1 aliphatic rings. The zero-order valence-electron chi connectivity index (χ0n) is 13.7. The third-order valence-electron chi connectivity index (χ3n) is 3.10. The Morgan fingerprint density at radius 3 is 2.74 bits per heavy atom. The molecule has 0 unspecified atom stereocenters.